The number of rotatable bonds is 4. The fraction of sp³-hybridized carbons (Fsp3) is 0.360. The molecule has 2 aromatic carbocycles. The number of nitrogens with zero attached hydrogens (tertiary/aromatic N) is 5. The summed E-state index contributed by atoms with van der Waals surface area (Å²) in [5, 5.41) is 4.53. The lowest BCUT2D eigenvalue weighted by atomic mass is 10.1. The van der Waals surface area contributed by atoms with E-state index in [0.717, 1.165) is 18.7 Å². The number of piperidine rings is 1. The van der Waals surface area contributed by atoms with Crippen molar-refractivity contribution < 1.29 is 14.1 Å². The van der Waals surface area contributed by atoms with Gasteiger partial charge in [-0.05, 0) is 61.7 Å². The highest BCUT2D eigenvalue weighted by molar-refractivity contribution is 6.30. The van der Waals surface area contributed by atoms with Crippen LogP contribution in [-0.4, -0.2) is 71.0 Å². The number of benzene rings is 2. The second kappa shape index (κ2) is 9.85. The monoisotopic (exact) mass is 479 g/mol. The van der Waals surface area contributed by atoms with Crippen molar-refractivity contribution in [3.63, 3.8) is 0 Å². The van der Waals surface area contributed by atoms with Gasteiger partial charge in [-0.25, -0.2) is 0 Å². The van der Waals surface area contributed by atoms with Gasteiger partial charge in [0.15, 0.2) is 0 Å². The molecular formula is C25H26ClN5O3. The third-order valence-corrected chi connectivity index (χ3v) is 6.62. The topological polar surface area (TPSA) is 82.8 Å². The highest BCUT2D eigenvalue weighted by Gasteiger charge is 2.28. The van der Waals surface area contributed by atoms with E-state index in [9.17, 15) is 9.59 Å². The summed E-state index contributed by atoms with van der Waals surface area (Å²) < 4.78 is 5.28. The van der Waals surface area contributed by atoms with Crippen LogP contribution in [0.2, 0.25) is 5.02 Å². The largest absolute Gasteiger partial charge is 0.372 e. The van der Waals surface area contributed by atoms with E-state index in [2.05, 4.69) is 27.2 Å². The summed E-state index contributed by atoms with van der Waals surface area (Å²) in [6.45, 7) is 3.81. The van der Waals surface area contributed by atoms with E-state index in [4.69, 9.17) is 16.1 Å². The van der Waals surface area contributed by atoms with Crippen LogP contribution in [0, 0.1) is 0 Å². The molecule has 3 heterocycles. The van der Waals surface area contributed by atoms with Crippen LogP contribution in [0.4, 0.5) is 5.69 Å². The molecule has 34 heavy (non-hydrogen) atoms. The summed E-state index contributed by atoms with van der Waals surface area (Å²) in [5.41, 5.74) is 2.54. The van der Waals surface area contributed by atoms with Gasteiger partial charge in [-0.1, -0.05) is 22.8 Å². The van der Waals surface area contributed by atoms with Crippen LogP contribution in [0.25, 0.3) is 11.4 Å². The lowest BCUT2D eigenvalue weighted by molar-refractivity contribution is 0.0508. The molecule has 0 aliphatic carbocycles. The predicted molar refractivity (Wildman–Crippen MR) is 129 cm³/mol. The lowest BCUT2D eigenvalue weighted by Crippen LogP contribution is -2.50. The SMILES string of the molecule is O=C(c1cccc(Cl)c1)N1CCN(C(=O)c2nc(-c3ccc(N4CCCCC4)cc3)no2)CC1. The number of anilines is 1. The minimum Gasteiger partial charge on any atom is -0.372 e. The summed E-state index contributed by atoms with van der Waals surface area (Å²) >= 11 is 6.00. The van der Waals surface area contributed by atoms with Crippen molar-refractivity contribution in [3.8, 4) is 11.4 Å². The number of piperazine rings is 1. The molecule has 3 aromatic rings. The Morgan fingerprint density at radius 1 is 0.824 bits per heavy atom. The maximum Gasteiger partial charge on any atom is 0.316 e. The third-order valence-electron chi connectivity index (χ3n) is 6.38. The van der Waals surface area contributed by atoms with Crippen molar-refractivity contribution in [2.24, 2.45) is 0 Å². The number of carbonyl (C=O) groups is 2. The van der Waals surface area contributed by atoms with Crippen LogP contribution < -0.4 is 4.90 Å². The lowest BCUT2D eigenvalue weighted by Gasteiger charge is -2.34. The van der Waals surface area contributed by atoms with Crippen molar-refractivity contribution >= 4 is 29.1 Å². The smallest absolute Gasteiger partial charge is 0.316 e. The Labute approximate surface area is 203 Å². The highest BCUT2D eigenvalue weighted by Crippen LogP contribution is 2.24. The van der Waals surface area contributed by atoms with Gasteiger partial charge in [0.05, 0.1) is 0 Å². The summed E-state index contributed by atoms with van der Waals surface area (Å²) in [5.74, 6) is -0.0609. The molecule has 9 heteroatoms. The zero-order valence-electron chi connectivity index (χ0n) is 18.8. The molecule has 0 radical (unpaired) electrons. The fourth-order valence-corrected chi connectivity index (χ4v) is 4.64. The molecule has 5 rings (SSSR count). The number of hydrogen-bond acceptors (Lipinski definition) is 6. The van der Waals surface area contributed by atoms with Crippen molar-refractivity contribution in [2.45, 2.75) is 19.3 Å². The van der Waals surface area contributed by atoms with Crippen molar-refractivity contribution in [1.29, 1.82) is 0 Å². The number of hydrogen-bond donors (Lipinski definition) is 0. The third kappa shape index (κ3) is 4.77. The second-order valence-corrected chi connectivity index (χ2v) is 9.05. The molecule has 2 fully saturated rings. The Bertz CT molecular complexity index is 1170. The Morgan fingerprint density at radius 3 is 2.18 bits per heavy atom. The van der Waals surface area contributed by atoms with Gasteiger partial charge in [-0.3, -0.25) is 9.59 Å². The minimum absolute atomic E-state index is 0.0373. The predicted octanol–water partition coefficient (Wildman–Crippen LogP) is 3.98. The van der Waals surface area contributed by atoms with E-state index in [1.54, 1.807) is 34.1 Å². The second-order valence-electron chi connectivity index (χ2n) is 8.61. The standard InChI is InChI=1S/C25H26ClN5O3/c26-20-6-4-5-19(17-20)24(32)30-13-15-31(16-14-30)25(33)23-27-22(28-34-23)18-7-9-21(10-8-18)29-11-2-1-3-12-29/h4-10,17H,1-3,11-16H2. The number of carbonyl (C=O) groups excluding carboxylic acids is 2. The van der Waals surface area contributed by atoms with Gasteiger partial charge in [0.2, 0.25) is 5.82 Å². The molecule has 2 aliphatic heterocycles. The molecule has 0 bridgehead atoms. The van der Waals surface area contributed by atoms with Crippen LogP contribution in [0.5, 0.6) is 0 Å². The van der Waals surface area contributed by atoms with Gasteiger partial charge >= 0.3 is 11.8 Å². The molecule has 0 N–H and O–H groups in total. The Balaban J connectivity index is 1.19. The first-order valence-corrected chi connectivity index (χ1v) is 12.0. The first kappa shape index (κ1) is 22.4. The van der Waals surface area contributed by atoms with E-state index >= 15 is 0 Å². The van der Waals surface area contributed by atoms with E-state index in [0.29, 0.717) is 42.6 Å². The molecule has 2 amide bonds. The van der Waals surface area contributed by atoms with E-state index in [1.165, 1.54) is 24.9 Å². The molecule has 176 valence electrons. The van der Waals surface area contributed by atoms with Crippen molar-refractivity contribution in [1.82, 2.24) is 19.9 Å². The van der Waals surface area contributed by atoms with Crippen molar-refractivity contribution in [3.05, 3.63) is 65.0 Å². The molecule has 0 saturated carbocycles. The van der Waals surface area contributed by atoms with Crippen LogP contribution in [0.3, 0.4) is 0 Å². The van der Waals surface area contributed by atoms with Gasteiger partial charge < -0.3 is 19.2 Å². The summed E-state index contributed by atoms with van der Waals surface area (Å²) in [6.07, 6.45) is 3.74. The maximum absolute atomic E-state index is 12.9. The molecule has 8 nitrogen and oxygen atoms in total. The van der Waals surface area contributed by atoms with E-state index < -0.39 is 0 Å². The number of halogens is 1. The Hall–Kier alpha value is -3.39. The first-order chi connectivity index (χ1) is 16.6. The van der Waals surface area contributed by atoms with E-state index in [-0.39, 0.29) is 17.7 Å². The zero-order valence-corrected chi connectivity index (χ0v) is 19.6. The summed E-state index contributed by atoms with van der Waals surface area (Å²) in [7, 11) is 0. The molecule has 1 aromatic heterocycles. The highest BCUT2D eigenvalue weighted by atomic mass is 35.5. The molecule has 0 unspecified atom stereocenters. The van der Waals surface area contributed by atoms with Gasteiger partial charge in [0.1, 0.15) is 0 Å². The quantitative estimate of drug-likeness (QED) is 0.563. The minimum atomic E-state index is -0.321. The number of aromatic nitrogens is 2. The normalized spacial score (nSPS) is 16.6. The Morgan fingerprint density at radius 2 is 1.50 bits per heavy atom. The van der Waals surface area contributed by atoms with Crippen LogP contribution in [0.15, 0.2) is 53.1 Å². The van der Waals surface area contributed by atoms with Gasteiger partial charge in [0, 0.05) is 61.1 Å². The van der Waals surface area contributed by atoms with Gasteiger partial charge in [-0.2, -0.15) is 4.98 Å². The zero-order chi connectivity index (χ0) is 23.5. The van der Waals surface area contributed by atoms with Crippen LogP contribution in [-0.2, 0) is 0 Å². The van der Waals surface area contributed by atoms with Crippen LogP contribution >= 0.6 is 11.6 Å². The summed E-state index contributed by atoms with van der Waals surface area (Å²) in [4.78, 5) is 35.7. The molecule has 2 saturated heterocycles. The molecule has 0 spiro atoms. The van der Waals surface area contributed by atoms with Crippen LogP contribution in [0.1, 0.15) is 40.3 Å². The average Bonchev–Trinajstić information content (AvgIpc) is 3.39. The van der Waals surface area contributed by atoms with Gasteiger partial charge in [0.25, 0.3) is 5.91 Å². The average molecular weight is 480 g/mol. The summed E-state index contributed by atoms with van der Waals surface area (Å²) in [6, 6.07) is 14.9. The van der Waals surface area contributed by atoms with Gasteiger partial charge in [-0.15, -0.1) is 0 Å². The molecule has 2 aliphatic rings. The molecular weight excluding hydrogens is 454 g/mol. The van der Waals surface area contributed by atoms with Crippen molar-refractivity contribution in [2.75, 3.05) is 44.2 Å². The molecule has 0 atom stereocenters. The maximum atomic E-state index is 12.9. The fourth-order valence-electron chi connectivity index (χ4n) is 4.45. The first-order valence-electron chi connectivity index (χ1n) is 11.6. The number of amides is 2. The van der Waals surface area contributed by atoms with E-state index in [1.807, 2.05) is 12.1 Å². The Kier molecular flexibility index (Phi) is 6.49.